The summed E-state index contributed by atoms with van der Waals surface area (Å²) in [6.45, 7) is 2.60. The second kappa shape index (κ2) is 22.3. The van der Waals surface area contributed by atoms with E-state index in [4.69, 9.17) is 47.4 Å². The van der Waals surface area contributed by atoms with E-state index in [0.29, 0.717) is 58.2 Å². The number of esters is 2. The molecule has 0 saturated carbocycles. The van der Waals surface area contributed by atoms with Crippen LogP contribution in [0.4, 0.5) is 0 Å². The molecule has 0 amide bonds. The Hall–Kier alpha value is -4.64. The molecule has 280 valence electrons. The molecular weight excluding hydrogens is 758 g/mol. The van der Waals surface area contributed by atoms with Crippen molar-refractivity contribution in [3.05, 3.63) is 106 Å². The fourth-order valence-electron chi connectivity index (χ4n) is 4.69. The third-order valence-electron chi connectivity index (χ3n) is 7.25. The predicted molar refractivity (Wildman–Crippen MR) is 199 cm³/mol. The molecule has 4 aromatic rings. The van der Waals surface area contributed by atoms with E-state index in [1.165, 1.54) is 28.4 Å². The molecule has 0 unspecified atom stereocenters. The number of aryl methyl sites for hydroxylation is 1. The number of hydrogen-bond acceptors (Lipinski definition) is 12. The molecule has 0 spiro atoms. The van der Waals surface area contributed by atoms with E-state index in [2.05, 4.69) is 7.49 Å². The van der Waals surface area contributed by atoms with Crippen molar-refractivity contribution in [2.75, 3.05) is 56.2 Å². The molecule has 12 nitrogen and oxygen atoms in total. The van der Waals surface area contributed by atoms with Crippen molar-refractivity contribution in [1.29, 1.82) is 0 Å². The number of methoxy groups -OCH3 is 6. The van der Waals surface area contributed by atoms with Crippen LogP contribution in [0, 0.1) is 6.92 Å². The van der Waals surface area contributed by atoms with Crippen LogP contribution in [0.1, 0.15) is 43.0 Å². The number of rotatable bonds is 18. The van der Waals surface area contributed by atoms with Gasteiger partial charge in [-0.05, 0) is 36.2 Å². The van der Waals surface area contributed by atoms with Crippen LogP contribution in [-0.4, -0.2) is 82.2 Å². The summed E-state index contributed by atoms with van der Waals surface area (Å²) in [4.78, 5) is 24.2. The maximum absolute atomic E-state index is 12.2. The van der Waals surface area contributed by atoms with Gasteiger partial charge < -0.3 is 23.7 Å². The topological polar surface area (TPSA) is 126 Å². The first-order valence-corrected chi connectivity index (χ1v) is 20.4. The Balaban J connectivity index is 0.000000281. The van der Waals surface area contributed by atoms with Crippen LogP contribution in [-0.2, 0) is 37.5 Å². The Bertz CT molecular complexity index is 1750. The van der Waals surface area contributed by atoms with E-state index in [0.717, 1.165) is 28.2 Å². The molecule has 0 aliphatic carbocycles. The van der Waals surface area contributed by atoms with E-state index in [1.807, 2.05) is 54.6 Å². The van der Waals surface area contributed by atoms with E-state index in [1.54, 1.807) is 39.3 Å². The van der Waals surface area contributed by atoms with Crippen LogP contribution in [0.25, 0.3) is 0 Å². The normalized spacial score (nSPS) is 10.3. The third-order valence-corrected chi connectivity index (χ3v) is 9.12. The molecule has 0 heterocycles. The fraction of sp³-hybridized carbons (Fsp3) is 0.316. The predicted octanol–water partition coefficient (Wildman–Crippen LogP) is 6.39. The molecule has 0 N–H and O–H groups in total. The second-order valence-corrected chi connectivity index (χ2v) is 13.7. The first-order valence-electron chi connectivity index (χ1n) is 15.8. The molecule has 0 aliphatic rings. The van der Waals surface area contributed by atoms with Crippen LogP contribution < -0.4 is 28.4 Å². The van der Waals surface area contributed by atoms with E-state index in [-0.39, 0.29) is 27.6 Å². The Kier molecular flexibility index (Phi) is 17.9. The summed E-state index contributed by atoms with van der Waals surface area (Å²) in [6, 6.07) is 22.2. The number of carbonyl (C=O) groups is 2. The van der Waals surface area contributed by atoms with E-state index >= 15 is 0 Å². The van der Waals surface area contributed by atoms with Crippen molar-refractivity contribution in [2.24, 2.45) is 0 Å². The van der Waals surface area contributed by atoms with Gasteiger partial charge in [-0.25, -0.2) is 4.79 Å². The molecular formula is C38H45O12PSe. The first-order chi connectivity index (χ1) is 25.2. The zero-order valence-electron chi connectivity index (χ0n) is 30.3. The van der Waals surface area contributed by atoms with Crippen molar-refractivity contribution in [3.8, 4) is 34.5 Å². The summed E-state index contributed by atoms with van der Waals surface area (Å²) in [6.07, 6.45) is 0. The number of carbonyl (C=O) groups excluding carboxylic acids is 2. The number of ether oxygens (including phenoxy) is 10. The molecule has 0 aliphatic heterocycles. The van der Waals surface area contributed by atoms with Crippen molar-refractivity contribution >= 4 is 33.5 Å². The molecule has 0 saturated heterocycles. The summed E-state index contributed by atoms with van der Waals surface area (Å²) < 4.78 is 52.8. The van der Waals surface area contributed by atoms with Crippen molar-refractivity contribution < 1.29 is 57.0 Å². The van der Waals surface area contributed by atoms with Crippen molar-refractivity contribution in [1.82, 2.24) is 0 Å². The molecule has 0 fully saturated rings. The van der Waals surface area contributed by atoms with Gasteiger partial charge in [0.05, 0.1) is 14.2 Å². The van der Waals surface area contributed by atoms with Crippen molar-refractivity contribution in [2.45, 2.75) is 25.5 Å². The van der Waals surface area contributed by atoms with Crippen LogP contribution in [0.15, 0.2) is 72.8 Å². The van der Waals surface area contributed by atoms with E-state index < -0.39 is 11.9 Å². The van der Waals surface area contributed by atoms with Crippen LogP contribution in [0.5, 0.6) is 34.5 Å². The Morgan fingerprint density at radius 3 is 1.44 bits per heavy atom. The van der Waals surface area contributed by atoms with Crippen LogP contribution in [0.3, 0.4) is 0 Å². The zero-order chi connectivity index (χ0) is 37.9. The average molecular weight is 804 g/mol. The summed E-state index contributed by atoms with van der Waals surface area (Å²) in [5.74, 6) is 2.61. The summed E-state index contributed by atoms with van der Waals surface area (Å²) in [5.41, 5.74) is 4.27. The van der Waals surface area contributed by atoms with Gasteiger partial charge in [0.25, 0.3) is 0 Å². The average Bonchev–Trinajstić information content (AvgIpc) is 3.17. The fourth-order valence-corrected chi connectivity index (χ4v) is 6.46. The minimum absolute atomic E-state index is 0.0192. The van der Waals surface area contributed by atoms with Crippen LogP contribution in [0.2, 0.25) is 0 Å². The van der Waals surface area contributed by atoms with Gasteiger partial charge in [-0.1, -0.05) is 12.1 Å². The molecule has 52 heavy (non-hydrogen) atoms. The molecule has 0 bridgehead atoms. The van der Waals surface area contributed by atoms with Crippen LogP contribution >= 0.6 is 7.49 Å². The monoisotopic (exact) mass is 804 g/mol. The third kappa shape index (κ3) is 12.5. The Labute approximate surface area is 311 Å². The van der Waals surface area contributed by atoms with Gasteiger partial charge in [0.1, 0.15) is 29.4 Å². The maximum atomic E-state index is 12.2. The van der Waals surface area contributed by atoms with E-state index in [9.17, 15) is 9.59 Å². The van der Waals surface area contributed by atoms with Gasteiger partial charge in [0.15, 0.2) is 6.79 Å². The van der Waals surface area contributed by atoms with Gasteiger partial charge in [0, 0.05) is 13.2 Å². The minimum atomic E-state index is -0.467. The summed E-state index contributed by atoms with van der Waals surface area (Å²) in [5, 5.41) is 0.709. The zero-order valence-corrected chi connectivity index (χ0v) is 33.2. The summed E-state index contributed by atoms with van der Waals surface area (Å²) in [7, 11) is 12.5. The molecule has 4 rings (SSSR count). The van der Waals surface area contributed by atoms with Gasteiger partial charge >= 0.3 is 172 Å². The SMILES string of the molecule is COCOc1cc(OCc2ccc(OC)cc2)cc(C)c1C(=O)OC.COCOc1cc(OCc2ccc(OC)cc2)cc(C[SeH]=P)c1C(=O)OC. The first kappa shape index (κ1) is 41.8. The second-order valence-electron chi connectivity index (χ2n) is 10.7. The Morgan fingerprint density at radius 1 is 0.577 bits per heavy atom. The Morgan fingerprint density at radius 2 is 1.02 bits per heavy atom. The molecule has 0 atom stereocenters. The van der Waals surface area contributed by atoms with Gasteiger partial charge in [-0.3, -0.25) is 0 Å². The molecule has 0 radical (unpaired) electrons. The standard InChI is InChI=1S/C19H23O6PSe.C19H22O6/c1-21-12-25-17-9-16(8-14(11-27-26)18(17)19(20)23-3)24-10-13-4-6-15(22-2)7-5-13;1-13-9-16(24-11-14-5-7-15(22-3)8-6-14)10-17(25-12-21-2)18(13)19(20)23-4/h4-9,26-27H,10-12H2,1-3H3;5-10H,11-12H2,1-4H3. The van der Waals surface area contributed by atoms with Gasteiger partial charge in [-0.15, -0.1) is 0 Å². The molecule has 4 aromatic carbocycles. The summed E-state index contributed by atoms with van der Waals surface area (Å²) >= 11 is -0.136. The number of hydrogen-bond donors (Lipinski definition) is 0. The molecule has 0 aromatic heterocycles. The van der Waals surface area contributed by atoms with Crippen molar-refractivity contribution in [3.63, 3.8) is 0 Å². The van der Waals surface area contributed by atoms with Gasteiger partial charge in [-0.2, -0.15) is 0 Å². The quantitative estimate of drug-likeness (QED) is 0.0479. The van der Waals surface area contributed by atoms with Gasteiger partial charge in [0.2, 0.25) is 0 Å². The molecule has 14 heteroatoms. The number of benzene rings is 4.